The summed E-state index contributed by atoms with van der Waals surface area (Å²) in [6.07, 6.45) is 1.70. The van der Waals surface area contributed by atoms with Crippen LogP contribution in [-0.4, -0.2) is 5.11 Å². The zero-order valence-corrected chi connectivity index (χ0v) is 9.59. The summed E-state index contributed by atoms with van der Waals surface area (Å²) in [4.78, 5) is 0. The minimum atomic E-state index is -1.51. The van der Waals surface area contributed by atoms with Gasteiger partial charge in [-0.3, -0.25) is 0 Å². The lowest BCUT2D eigenvalue weighted by molar-refractivity contribution is 0.0857. The van der Waals surface area contributed by atoms with Gasteiger partial charge in [0.2, 0.25) is 0 Å². The molecule has 1 aliphatic rings. The molecule has 1 aromatic rings. The van der Waals surface area contributed by atoms with E-state index in [1.807, 2.05) is 6.92 Å². The Balaban J connectivity index is 2.31. The summed E-state index contributed by atoms with van der Waals surface area (Å²) in [6, 6.07) is 1.99. The Hall–Kier alpha value is -1.03. The standard InChI is InChI=1S/C13H15F3O/c1-7-3-2-4-8(7)13(17)9-5-6-10(14)12(16)11(9)15/h5-8,13,17H,2-4H2,1H3. The largest absolute Gasteiger partial charge is 0.388 e. The molecule has 0 radical (unpaired) electrons. The maximum atomic E-state index is 13.5. The van der Waals surface area contributed by atoms with E-state index in [-0.39, 0.29) is 17.4 Å². The van der Waals surface area contributed by atoms with E-state index in [0.29, 0.717) is 0 Å². The van der Waals surface area contributed by atoms with Gasteiger partial charge in [-0.15, -0.1) is 0 Å². The molecule has 2 rings (SSSR count). The zero-order chi connectivity index (χ0) is 12.6. The first kappa shape index (κ1) is 12.4. The smallest absolute Gasteiger partial charge is 0.194 e. The van der Waals surface area contributed by atoms with Gasteiger partial charge in [0.25, 0.3) is 0 Å². The highest BCUT2D eigenvalue weighted by molar-refractivity contribution is 5.23. The molecule has 1 fully saturated rings. The van der Waals surface area contributed by atoms with Gasteiger partial charge in [0.05, 0.1) is 6.10 Å². The van der Waals surface area contributed by atoms with E-state index in [4.69, 9.17) is 0 Å². The van der Waals surface area contributed by atoms with Crippen LogP contribution in [-0.2, 0) is 0 Å². The Bertz CT molecular complexity index is 419. The molecule has 1 N–H and O–H groups in total. The first-order valence-electron chi connectivity index (χ1n) is 5.84. The molecule has 1 aliphatic carbocycles. The summed E-state index contributed by atoms with van der Waals surface area (Å²) in [7, 11) is 0. The minimum Gasteiger partial charge on any atom is -0.388 e. The van der Waals surface area contributed by atoms with Gasteiger partial charge >= 0.3 is 0 Å². The number of halogens is 3. The number of benzene rings is 1. The fourth-order valence-electron chi connectivity index (χ4n) is 2.64. The summed E-state index contributed by atoms with van der Waals surface area (Å²) in [6.45, 7) is 1.98. The van der Waals surface area contributed by atoms with Crippen LogP contribution in [0.25, 0.3) is 0 Å². The molecule has 4 heteroatoms. The van der Waals surface area contributed by atoms with Crippen molar-refractivity contribution < 1.29 is 18.3 Å². The molecule has 1 saturated carbocycles. The van der Waals surface area contributed by atoms with Gasteiger partial charge in [0.15, 0.2) is 17.5 Å². The van der Waals surface area contributed by atoms with Crippen molar-refractivity contribution in [1.82, 2.24) is 0 Å². The molecule has 17 heavy (non-hydrogen) atoms. The summed E-state index contributed by atoms with van der Waals surface area (Å²) in [5, 5.41) is 10.1. The van der Waals surface area contributed by atoms with E-state index >= 15 is 0 Å². The van der Waals surface area contributed by atoms with E-state index < -0.39 is 23.6 Å². The van der Waals surface area contributed by atoms with Crippen LogP contribution in [0.3, 0.4) is 0 Å². The van der Waals surface area contributed by atoms with E-state index in [1.54, 1.807) is 0 Å². The Labute approximate surface area is 98.3 Å². The van der Waals surface area contributed by atoms with Crippen molar-refractivity contribution in [3.05, 3.63) is 35.1 Å². The van der Waals surface area contributed by atoms with Crippen LogP contribution >= 0.6 is 0 Å². The summed E-state index contributed by atoms with van der Waals surface area (Å²) < 4.78 is 39.4. The molecule has 0 spiro atoms. The fourth-order valence-corrected chi connectivity index (χ4v) is 2.64. The van der Waals surface area contributed by atoms with Crippen molar-refractivity contribution in [2.24, 2.45) is 11.8 Å². The molecule has 0 heterocycles. The van der Waals surface area contributed by atoms with Gasteiger partial charge in [-0.1, -0.05) is 25.8 Å². The third kappa shape index (κ3) is 2.18. The lowest BCUT2D eigenvalue weighted by Gasteiger charge is -2.23. The Morgan fingerprint density at radius 2 is 1.88 bits per heavy atom. The van der Waals surface area contributed by atoms with Gasteiger partial charge in [0, 0.05) is 5.56 Å². The van der Waals surface area contributed by atoms with E-state index in [2.05, 4.69) is 0 Å². The van der Waals surface area contributed by atoms with E-state index in [9.17, 15) is 18.3 Å². The maximum Gasteiger partial charge on any atom is 0.194 e. The SMILES string of the molecule is CC1CCCC1C(O)c1ccc(F)c(F)c1F. The monoisotopic (exact) mass is 244 g/mol. The van der Waals surface area contributed by atoms with Crippen molar-refractivity contribution in [3.8, 4) is 0 Å². The van der Waals surface area contributed by atoms with Gasteiger partial charge in [-0.2, -0.15) is 0 Å². The highest BCUT2D eigenvalue weighted by Crippen LogP contribution is 2.40. The normalized spacial score (nSPS) is 26.2. The minimum absolute atomic E-state index is 0.0747. The lowest BCUT2D eigenvalue weighted by Crippen LogP contribution is -2.17. The van der Waals surface area contributed by atoms with Crippen molar-refractivity contribution in [1.29, 1.82) is 0 Å². The molecule has 0 saturated heterocycles. The van der Waals surface area contributed by atoms with Crippen LogP contribution in [0.15, 0.2) is 12.1 Å². The molecular formula is C13H15F3O. The van der Waals surface area contributed by atoms with E-state index in [0.717, 1.165) is 31.4 Å². The molecule has 0 amide bonds. The highest BCUT2D eigenvalue weighted by atomic mass is 19.2. The van der Waals surface area contributed by atoms with Crippen LogP contribution in [0.2, 0.25) is 0 Å². The highest BCUT2D eigenvalue weighted by Gasteiger charge is 2.33. The third-order valence-electron chi connectivity index (χ3n) is 3.72. The first-order chi connectivity index (χ1) is 8.02. The number of aliphatic hydroxyl groups excluding tert-OH is 1. The number of rotatable bonds is 2. The second-order valence-electron chi connectivity index (χ2n) is 4.78. The molecule has 3 atom stereocenters. The van der Waals surface area contributed by atoms with Crippen molar-refractivity contribution >= 4 is 0 Å². The van der Waals surface area contributed by atoms with Crippen LogP contribution in [0.1, 0.15) is 37.9 Å². The summed E-state index contributed by atoms with van der Waals surface area (Å²) in [5.41, 5.74) is -0.136. The average Bonchev–Trinajstić information content (AvgIpc) is 2.72. The molecule has 3 unspecified atom stereocenters. The van der Waals surface area contributed by atoms with Gasteiger partial charge < -0.3 is 5.11 Å². The Morgan fingerprint density at radius 1 is 1.18 bits per heavy atom. The van der Waals surface area contributed by atoms with E-state index in [1.165, 1.54) is 0 Å². The molecular weight excluding hydrogens is 229 g/mol. The Kier molecular flexibility index (Phi) is 3.43. The maximum absolute atomic E-state index is 13.5. The molecule has 1 aromatic carbocycles. The van der Waals surface area contributed by atoms with Gasteiger partial charge in [-0.25, -0.2) is 13.2 Å². The predicted octanol–water partition coefficient (Wildman–Crippen LogP) is 3.57. The average molecular weight is 244 g/mol. The third-order valence-corrected chi connectivity index (χ3v) is 3.72. The van der Waals surface area contributed by atoms with Crippen molar-refractivity contribution in [2.45, 2.75) is 32.3 Å². The van der Waals surface area contributed by atoms with Crippen molar-refractivity contribution in [3.63, 3.8) is 0 Å². The number of hydrogen-bond donors (Lipinski definition) is 1. The van der Waals surface area contributed by atoms with Crippen LogP contribution in [0.5, 0.6) is 0 Å². The second kappa shape index (κ2) is 4.69. The fraction of sp³-hybridized carbons (Fsp3) is 0.538. The van der Waals surface area contributed by atoms with Crippen LogP contribution < -0.4 is 0 Å². The topological polar surface area (TPSA) is 20.2 Å². The van der Waals surface area contributed by atoms with Crippen molar-refractivity contribution in [2.75, 3.05) is 0 Å². The summed E-state index contributed by atoms with van der Waals surface area (Å²) >= 11 is 0. The van der Waals surface area contributed by atoms with Crippen LogP contribution in [0.4, 0.5) is 13.2 Å². The molecule has 0 aliphatic heterocycles. The zero-order valence-electron chi connectivity index (χ0n) is 9.59. The first-order valence-corrected chi connectivity index (χ1v) is 5.84. The predicted molar refractivity (Wildman–Crippen MR) is 57.8 cm³/mol. The Morgan fingerprint density at radius 3 is 2.47 bits per heavy atom. The quantitative estimate of drug-likeness (QED) is 0.788. The second-order valence-corrected chi connectivity index (χ2v) is 4.78. The molecule has 0 bridgehead atoms. The van der Waals surface area contributed by atoms with Gasteiger partial charge in [-0.05, 0) is 24.3 Å². The lowest BCUT2D eigenvalue weighted by atomic mass is 9.88. The molecule has 1 nitrogen and oxygen atoms in total. The molecule has 0 aromatic heterocycles. The number of aliphatic hydroxyl groups is 1. The number of hydrogen-bond acceptors (Lipinski definition) is 1. The summed E-state index contributed by atoms with van der Waals surface area (Å²) in [5.74, 6) is -3.80. The van der Waals surface area contributed by atoms with Crippen LogP contribution in [0, 0.1) is 29.3 Å². The van der Waals surface area contributed by atoms with Gasteiger partial charge in [0.1, 0.15) is 0 Å². The molecule has 94 valence electrons.